The van der Waals surface area contributed by atoms with Gasteiger partial charge in [-0.2, -0.15) is 0 Å². The molecule has 0 amide bonds. The number of hydrogen-bond donors (Lipinski definition) is 0. The van der Waals surface area contributed by atoms with Crippen LogP contribution < -0.4 is 0 Å². The summed E-state index contributed by atoms with van der Waals surface area (Å²) in [5, 5.41) is 0. The number of piperidine rings is 1. The van der Waals surface area contributed by atoms with Gasteiger partial charge in [0.05, 0.1) is 0 Å². The summed E-state index contributed by atoms with van der Waals surface area (Å²) in [7, 11) is 2.23. The first kappa shape index (κ1) is 12.0. The molecule has 11 heavy (non-hydrogen) atoms. The minimum atomic E-state index is 0. The normalized spacial score (nSPS) is 31.1. The molecule has 0 radical (unpaired) electrons. The van der Waals surface area contributed by atoms with Crippen LogP contribution in [-0.4, -0.2) is 53.6 Å². The van der Waals surface area contributed by atoms with Crippen molar-refractivity contribution in [2.45, 2.75) is 39.2 Å². The van der Waals surface area contributed by atoms with Crippen LogP contribution in [0.2, 0.25) is 0 Å². The fraction of sp³-hybridized carbons (Fsp3) is 1.00. The Bertz CT molecular complexity index is 111. The molecule has 2 heteroatoms. The summed E-state index contributed by atoms with van der Waals surface area (Å²) in [5.41, 5.74) is 0.429. The third-order valence-corrected chi connectivity index (χ3v) is 3.32. The zero-order valence-corrected chi connectivity index (χ0v) is 7.65. The van der Waals surface area contributed by atoms with Gasteiger partial charge >= 0.3 is 29.6 Å². The molecule has 0 aromatic heterocycles. The second-order valence-corrected chi connectivity index (χ2v) is 4.12. The number of rotatable bonds is 0. The molecule has 0 aromatic rings. The number of hydrogen-bond acceptors (Lipinski definition) is 1. The molecule has 0 N–H and O–H groups in total. The fourth-order valence-electron chi connectivity index (χ4n) is 1.65. The van der Waals surface area contributed by atoms with Crippen molar-refractivity contribution in [1.29, 1.82) is 0 Å². The Morgan fingerprint density at radius 2 is 1.91 bits per heavy atom. The maximum absolute atomic E-state index is 2.47. The Balaban J connectivity index is 0.000001000. The van der Waals surface area contributed by atoms with Crippen LogP contribution in [0, 0.1) is 5.92 Å². The quantitative estimate of drug-likeness (QED) is 0.491. The van der Waals surface area contributed by atoms with Crippen LogP contribution in [0.15, 0.2) is 0 Å². The molecule has 1 saturated heterocycles. The van der Waals surface area contributed by atoms with E-state index in [-0.39, 0.29) is 29.6 Å². The van der Waals surface area contributed by atoms with E-state index in [0.29, 0.717) is 5.54 Å². The fourth-order valence-corrected chi connectivity index (χ4v) is 1.65. The van der Waals surface area contributed by atoms with Crippen LogP contribution in [0.5, 0.6) is 0 Å². The Labute approximate surface area is 92.8 Å². The van der Waals surface area contributed by atoms with Crippen molar-refractivity contribution >= 4 is 29.6 Å². The van der Waals surface area contributed by atoms with Gasteiger partial charge in [0.2, 0.25) is 0 Å². The Morgan fingerprint density at radius 1 is 1.36 bits per heavy atom. The van der Waals surface area contributed by atoms with Gasteiger partial charge in [0.1, 0.15) is 0 Å². The molecule has 0 aromatic carbocycles. The first-order valence-corrected chi connectivity index (χ1v) is 4.26. The van der Waals surface area contributed by atoms with E-state index in [4.69, 9.17) is 0 Å². The van der Waals surface area contributed by atoms with Gasteiger partial charge in [-0.15, -0.1) is 0 Å². The zero-order chi connectivity index (χ0) is 7.78. The van der Waals surface area contributed by atoms with Crippen LogP contribution in [0.25, 0.3) is 0 Å². The first-order valence-electron chi connectivity index (χ1n) is 4.26. The van der Waals surface area contributed by atoms with E-state index in [0.717, 1.165) is 5.92 Å². The van der Waals surface area contributed by atoms with Crippen LogP contribution in [0.3, 0.4) is 0 Å². The van der Waals surface area contributed by atoms with Crippen molar-refractivity contribution in [2.75, 3.05) is 13.6 Å². The Morgan fingerprint density at radius 3 is 2.27 bits per heavy atom. The van der Waals surface area contributed by atoms with Crippen molar-refractivity contribution in [3.05, 3.63) is 0 Å². The van der Waals surface area contributed by atoms with E-state index in [1.54, 1.807) is 0 Å². The summed E-state index contributed by atoms with van der Waals surface area (Å²) in [6.45, 7) is 8.32. The van der Waals surface area contributed by atoms with Gasteiger partial charge in [0.25, 0.3) is 0 Å². The summed E-state index contributed by atoms with van der Waals surface area (Å²) in [6.07, 6.45) is 2.78. The molecule has 1 aliphatic heterocycles. The molecule has 1 heterocycles. The van der Waals surface area contributed by atoms with E-state index in [2.05, 4.69) is 32.7 Å². The maximum atomic E-state index is 2.47. The Kier molecular flexibility index (Phi) is 4.64. The molecule has 0 bridgehead atoms. The standard InChI is InChI=1S/C9H19N.Na.H/c1-8-6-5-7-10(4)9(8,2)3;;/h8H,5-7H2,1-4H3;;. The third-order valence-electron chi connectivity index (χ3n) is 3.32. The van der Waals surface area contributed by atoms with Crippen LogP contribution >= 0.6 is 0 Å². The monoisotopic (exact) mass is 165 g/mol. The van der Waals surface area contributed by atoms with Crippen molar-refractivity contribution in [1.82, 2.24) is 4.90 Å². The van der Waals surface area contributed by atoms with Gasteiger partial charge in [-0.3, -0.25) is 0 Å². The molecule has 1 fully saturated rings. The van der Waals surface area contributed by atoms with Gasteiger partial charge in [0, 0.05) is 5.54 Å². The molecule has 1 rings (SSSR count). The Hall–Kier alpha value is 0.960. The first-order chi connectivity index (χ1) is 4.55. The average Bonchev–Trinajstić information content (AvgIpc) is 1.84. The third kappa shape index (κ3) is 2.45. The molecule has 1 atom stereocenters. The van der Waals surface area contributed by atoms with Crippen molar-refractivity contribution in [2.24, 2.45) is 5.92 Å². The summed E-state index contributed by atoms with van der Waals surface area (Å²) >= 11 is 0. The van der Waals surface area contributed by atoms with Crippen molar-refractivity contribution in [3.63, 3.8) is 0 Å². The van der Waals surface area contributed by atoms with Gasteiger partial charge in [-0.25, -0.2) is 0 Å². The molecular weight excluding hydrogens is 145 g/mol. The van der Waals surface area contributed by atoms with Gasteiger partial charge in [-0.1, -0.05) is 6.92 Å². The van der Waals surface area contributed by atoms with Gasteiger partial charge in [0.15, 0.2) is 0 Å². The van der Waals surface area contributed by atoms with Crippen molar-refractivity contribution in [3.8, 4) is 0 Å². The van der Waals surface area contributed by atoms with Crippen molar-refractivity contribution < 1.29 is 0 Å². The molecule has 1 unspecified atom stereocenters. The molecule has 1 nitrogen and oxygen atoms in total. The minimum absolute atomic E-state index is 0. The summed E-state index contributed by atoms with van der Waals surface area (Å²) in [5.74, 6) is 0.853. The molecule has 62 valence electrons. The topological polar surface area (TPSA) is 3.24 Å². The second-order valence-electron chi connectivity index (χ2n) is 4.12. The average molecular weight is 165 g/mol. The molecule has 0 aliphatic carbocycles. The van der Waals surface area contributed by atoms with E-state index >= 15 is 0 Å². The SMILES string of the molecule is CC1CCCN(C)C1(C)C.[NaH]. The van der Waals surface area contributed by atoms with Gasteiger partial charge < -0.3 is 4.90 Å². The van der Waals surface area contributed by atoms with Crippen LogP contribution in [0.1, 0.15) is 33.6 Å². The predicted molar refractivity (Wildman–Crippen MR) is 52.3 cm³/mol. The number of likely N-dealkylation sites (tertiary alicyclic amines) is 1. The van der Waals surface area contributed by atoms with Crippen LogP contribution in [-0.2, 0) is 0 Å². The summed E-state index contributed by atoms with van der Waals surface area (Å²) < 4.78 is 0. The summed E-state index contributed by atoms with van der Waals surface area (Å²) in [4.78, 5) is 2.47. The van der Waals surface area contributed by atoms with E-state index in [1.807, 2.05) is 0 Å². The molecule has 0 saturated carbocycles. The summed E-state index contributed by atoms with van der Waals surface area (Å²) in [6, 6.07) is 0. The zero-order valence-electron chi connectivity index (χ0n) is 7.65. The predicted octanol–water partition coefficient (Wildman–Crippen LogP) is 1.48. The second kappa shape index (κ2) is 4.27. The van der Waals surface area contributed by atoms with E-state index in [1.165, 1.54) is 19.4 Å². The van der Waals surface area contributed by atoms with Gasteiger partial charge in [-0.05, 0) is 46.2 Å². The van der Waals surface area contributed by atoms with Crippen LogP contribution in [0.4, 0.5) is 0 Å². The molecule has 0 spiro atoms. The van der Waals surface area contributed by atoms with E-state index < -0.39 is 0 Å². The molecular formula is C9H20NNa. The number of nitrogens with zero attached hydrogens (tertiary/aromatic N) is 1. The molecule has 1 aliphatic rings. The van der Waals surface area contributed by atoms with E-state index in [9.17, 15) is 0 Å².